The van der Waals surface area contributed by atoms with Crippen LogP contribution < -0.4 is 26.0 Å². The molecule has 1 aromatic heterocycles. The third-order valence-corrected chi connectivity index (χ3v) is 9.26. The Morgan fingerprint density at radius 2 is 1.73 bits per heavy atom. The van der Waals surface area contributed by atoms with Gasteiger partial charge in [-0.15, -0.1) is 11.3 Å². The van der Waals surface area contributed by atoms with Crippen LogP contribution in [0.2, 0.25) is 0 Å². The Morgan fingerprint density at radius 1 is 1.05 bits per heavy atom. The van der Waals surface area contributed by atoms with Crippen molar-refractivity contribution in [2.75, 3.05) is 49.9 Å². The molecule has 0 bridgehead atoms. The summed E-state index contributed by atoms with van der Waals surface area (Å²) in [6.45, 7) is 13.8. The van der Waals surface area contributed by atoms with Crippen molar-refractivity contribution in [1.82, 2.24) is 25.2 Å². The highest BCUT2D eigenvalue weighted by molar-refractivity contribution is 7.89. The zero-order valence-corrected chi connectivity index (χ0v) is 27.3. The normalized spacial score (nSPS) is 14.3. The summed E-state index contributed by atoms with van der Waals surface area (Å²) in [7, 11) is -3.98. The predicted molar refractivity (Wildman–Crippen MR) is 175 cm³/mol. The van der Waals surface area contributed by atoms with Crippen molar-refractivity contribution in [2.45, 2.75) is 51.2 Å². The number of hydrogen-bond donors (Lipinski definition) is 5. The molecule has 0 spiro atoms. The second-order valence-corrected chi connectivity index (χ2v) is 14.4. The molecule has 14 heteroatoms. The number of urea groups is 1. The van der Waals surface area contributed by atoms with Crippen LogP contribution in [-0.2, 0) is 14.8 Å². The molecule has 4 rings (SSSR count). The van der Waals surface area contributed by atoms with Gasteiger partial charge in [0.1, 0.15) is 5.01 Å². The van der Waals surface area contributed by atoms with E-state index in [1.807, 2.05) is 12.1 Å². The third-order valence-electron chi connectivity index (χ3n) is 6.38. The molecule has 2 aromatic carbocycles. The maximum atomic E-state index is 13.6. The third kappa shape index (κ3) is 9.72. The van der Waals surface area contributed by atoms with E-state index in [1.54, 1.807) is 65.1 Å². The van der Waals surface area contributed by atoms with Crippen molar-refractivity contribution in [2.24, 2.45) is 0 Å². The van der Waals surface area contributed by atoms with Gasteiger partial charge < -0.3 is 20.7 Å². The second-order valence-electron chi connectivity index (χ2n) is 11.7. The van der Waals surface area contributed by atoms with Gasteiger partial charge in [0, 0.05) is 73.5 Å². The Morgan fingerprint density at radius 3 is 2.39 bits per heavy atom. The summed E-state index contributed by atoms with van der Waals surface area (Å²) in [5.74, 6) is 0. The van der Waals surface area contributed by atoms with E-state index in [-0.39, 0.29) is 11.0 Å². The van der Waals surface area contributed by atoms with Crippen molar-refractivity contribution in [3.8, 4) is 21.0 Å². The summed E-state index contributed by atoms with van der Waals surface area (Å²) >= 11 is 1.34. The number of carbonyl (C=O) groups is 2. The fraction of sp³-hybridized carbons (Fsp3) is 0.433. The first kappa shape index (κ1) is 33.3. The molecule has 0 aliphatic carbocycles. The van der Waals surface area contributed by atoms with Gasteiger partial charge in [-0.1, -0.05) is 6.07 Å². The largest absolute Gasteiger partial charge is 0.447 e. The molecule has 3 amide bonds. The summed E-state index contributed by atoms with van der Waals surface area (Å²) in [5.41, 5.74) is 1.47. The van der Waals surface area contributed by atoms with E-state index in [1.165, 1.54) is 17.4 Å². The van der Waals surface area contributed by atoms with Gasteiger partial charge in [0.2, 0.25) is 10.0 Å². The minimum atomic E-state index is -3.98. The van der Waals surface area contributed by atoms with Gasteiger partial charge >= 0.3 is 12.1 Å². The lowest BCUT2D eigenvalue weighted by molar-refractivity contribution is 0.130. The van der Waals surface area contributed by atoms with Crippen molar-refractivity contribution < 1.29 is 22.7 Å². The van der Waals surface area contributed by atoms with E-state index in [4.69, 9.17) is 4.74 Å². The number of amides is 3. The average molecular weight is 644 g/mol. The van der Waals surface area contributed by atoms with Crippen molar-refractivity contribution in [1.29, 1.82) is 0 Å². The van der Waals surface area contributed by atoms with Crippen LogP contribution in [0, 0.1) is 0 Å². The van der Waals surface area contributed by atoms with E-state index in [0.29, 0.717) is 33.4 Å². The van der Waals surface area contributed by atoms with E-state index in [2.05, 4.69) is 35.9 Å². The molecule has 12 nitrogen and oxygen atoms in total. The SMILES string of the molecule is CC(C)OC(=O)Nc1ccc(-c2ncc(-c3ccc(NC(=O)NCCN4CCNCC4)cc3S(=O)(=O)NC(C)(C)C)s2)cc1. The molecule has 0 radical (unpaired) electrons. The van der Waals surface area contributed by atoms with E-state index >= 15 is 0 Å². The van der Waals surface area contributed by atoms with Gasteiger partial charge in [-0.2, -0.15) is 0 Å². The molecule has 1 fully saturated rings. The number of carbonyl (C=O) groups excluding carboxylic acids is 2. The fourth-order valence-electron chi connectivity index (χ4n) is 4.51. The summed E-state index contributed by atoms with van der Waals surface area (Å²) < 4.78 is 35.0. The molecule has 1 saturated heterocycles. The Balaban J connectivity index is 1.53. The molecule has 44 heavy (non-hydrogen) atoms. The quantitative estimate of drug-likeness (QED) is 0.216. The van der Waals surface area contributed by atoms with Crippen molar-refractivity contribution in [3.63, 3.8) is 0 Å². The maximum Gasteiger partial charge on any atom is 0.411 e. The molecule has 238 valence electrons. The maximum absolute atomic E-state index is 13.6. The van der Waals surface area contributed by atoms with E-state index < -0.39 is 27.7 Å². The number of hydrogen-bond acceptors (Lipinski definition) is 9. The molecular weight excluding hydrogens is 603 g/mol. The van der Waals surface area contributed by atoms with Crippen LogP contribution in [0.4, 0.5) is 21.0 Å². The number of benzene rings is 2. The van der Waals surface area contributed by atoms with Gasteiger partial charge in [0.25, 0.3) is 0 Å². The number of ether oxygens (including phenoxy) is 1. The zero-order chi connectivity index (χ0) is 31.9. The number of aromatic nitrogens is 1. The lowest BCUT2D eigenvalue weighted by atomic mass is 10.1. The van der Waals surface area contributed by atoms with Crippen molar-refractivity contribution in [3.05, 3.63) is 48.7 Å². The molecule has 0 unspecified atom stereocenters. The monoisotopic (exact) mass is 643 g/mol. The Bertz CT molecular complexity index is 1540. The highest BCUT2D eigenvalue weighted by atomic mass is 32.2. The standard InChI is InChI=1S/C30H41N7O5S2/c1-20(2)42-29(39)35-22-8-6-21(7-9-22)27-33-19-25(43-27)24-11-10-23(18-26(24)44(40,41)36-30(3,4)5)34-28(38)32-14-17-37-15-12-31-13-16-37/h6-11,18-20,31,36H,12-17H2,1-5H3,(H,35,39)(H2,32,34,38). The topological polar surface area (TPSA) is 154 Å². The zero-order valence-electron chi connectivity index (χ0n) is 25.7. The summed E-state index contributed by atoms with van der Waals surface area (Å²) in [6.07, 6.45) is 0.866. The molecule has 3 aromatic rings. The molecular formula is C30H41N7O5S2. The van der Waals surface area contributed by atoms with Crippen LogP contribution in [0.15, 0.2) is 53.6 Å². The Hall–Kier alpha value is -3.56. The van der Waals surface area contributed by atoms with Gasteiger partial charge in [-0.25, -0.2) is 27.7 Å². The van der Waals surface area contributed by atoms with E-state index in [9.17, 15) is 18.0 Å². The van der Waals surface area contributed by atoms with Crippen LogP contribution >= 0.6 is 11.3 Å². The Labute approximate surface area is 263 Å². The molecule has 0 atom stereocenters. The highest BCUT2D eigenvalue weighted by Crippen LogP contribution is 2.37. The van der Waals surface area contributed by atoms with Crippen LogP contribution in [0.3, 0.4) is 0 Å². The minimum Gasteiger partial charge on any atom is -0.447 e. The first-order valence-corrected chi connectivity index (χ1v) is 16.8. The Kier molecular flexibility index (Phi) is 11.0. The van der Waals surface area contributed by atoms with Crippen molar-refractivity contribution >= 4 is 44.9 Å². The van der Waals surface area contributed by atoms with Gasteiger partial charge in [-0.3, -0.25) is 10.2 Å². The first-order valence-electron chi connectivity index (χ1n) is 14.5. The summed E-state index contributed by atoms with van der Waals surface area (Å²) in [4.78, 5) is 32.0. The minimum absolute atomic E-state index is 0.0319. The lowest BCUT2D eigenvalue weighted by Crippen LogP contribution is -2.46. The fourth-order valence-corrected chi connectivity index (χ4v) is 7.20. The molecule has 5 N–H and O–H groups in total. The summed E-state index contributed by atoms with van der Waals surface area (Å²) in [5, 5.41) is 12.3. The number of nitrogens with zero attached hydrogens (tertiary/aromatic N) is 2. The van der Waals surface area contributed by atoms with Crippen LogP contribution in [0.1, 0.15) is 34.6 Å². The molecule has 0 saturated carbocycles. The molecule has 1 aliphatic rings. The smallest absolute Gasteiger partial charge is 0.411 e. The first-order chi connectivity index (χ1) is 20.8. The number of sulfonamides is 1. The number of thiazole rings is 1. The number of rotatable bonds is 10. The number of piperazine rings is 1. The van der Waals surface area contributed by atoms with E-state index in [0.717, 1.165) is 38.3 Å². The van der Waals surface area contributed by atoms with Crippen LogP contribution in [0.25, 0.3) is 21.0 Å². The van der Waals surface area contributed by atoms with Crippen LogP contribution in [0.5, 0.6) is 0 Å². The van der Waals surface area contributed by atoms with Gasteiger partial charge in [0.05, 0.1) is 15.9 Å². The number of anilines is 2. The highest BCUT2D eigenvalue weighted by Gasteiger charge is 2.27. The molecule has 1 aliphatic heterocycles. The van der Waals surface area contributed by atoms with Crippen LogP contribution in [-0.4, -0.2) is 81.3 Å². The average Bonchev–Trinajstić information content (AvgIpc) is 3.42. The second kappa shape index (κ2) is 14.5. The lowest BCUT2D eigenvalue weighted by Gasteiger charge is -2.27. The number of nitrogens with one attached hydrogen (secondary N) is 5. The van der Waals surface area contributed by atoms with Gasteiger partial charge in [0.15, 0.2) is 0 Å². The molecule has 2 heterocycles. The predicted octanol–water partition coefficient (Wildman–Crippen LogP) is 4.54. The summed E-state index contributed by atoms with van der Waals surface area (Å²) in [6, 6.07) is 11.5. The van der Waals surface area contributed by atoms with Gasteiger partial charge in [-0.05, 0) is 71.0 Å².